The summed E-state index contributed by atoms with van der Waals surface area (Å²) in [4.78, 5) is 0. The van der Waals surface area contributed by atoms with Gasteiger partial charge >= 0.3 is 6.18 Å². The fourth-order valence-electron chi connectivity index (χ4n) is 1.80. The molecular weight excluding hydrogens is 283 g/mol. The van der Waals surface area contributed by atoms with Gasteiger partial charge in [0.2, 0.25) is 0 Å². The van der Waals surface area contributed by atoms with E-state index < -0.39 is 17.3 Å². The Morgan fingerprint density at radius 3 is 2.71 bits per heavy atom. The fourth-order valence-corrected chi connectivity index (χ4v) is 1.80. The molecule has 0 saturated heterocycles. The minimum atomic E-state index is -4.60. The first-order valence-electron chi connectivity index (χ1n) is 6.25. The van der Waals surface area contributed by atoms with E-state index in [0.717, 1.165) is 18.6 Å². The summed E-state index contributed by atoms with van der Waals surface area (Å²) >= 11 is 0. The molecule has 0 amide bonds. The van der Waals surface area contributed by atoms with Crippen molar-refractivity contribution in [3.63, 3.8) is 0 Å². The molecule has 2 rings (SSSR count). The molecule has 7 heteroatoms. The lowest BCUT2D eigenvalue weighted by Crippen LogP contribution is -2.07. The minimum absolute atomic E-state index is 0.0115. The maximum Gasteiger partial charge on any atom is 0.417 e. The van der Waals surface area contributed by atoms with Gasteiger partial charge in [-0.1, -0.05) is 6.92 Å². The van der Waals surface area contributed by atoms with Gasteiger partial charge in [-0.25, -0.2) is 0 Å². The van der Waals surface area contributed by atoms with Crippen LogP contribution in [0.2, 0.25) is 0 Å². The first kappa shape index (κ1) is 14.9. The molecule has 0 spiro atoms. The van der Waals surface area contributed by atoms with Crippen LogP contribution in [0.15, 0.2) is 30.6 Å². The third-order valence-electron chi connectivity index (χ3n) is 2.71. The van der Waals surface area contributed by atoms with Crippen LogP contribution in [0, 0.1) is 11.3 Å². The third-order valence-corrected chi connectivity index (χ3v) is 2.71. The minimum Gasteiger partial charge on any atom is -0.454 e. The maximum absolute atomic E-state index is 12.8. The lowest BCUT2D eigenvalue weighted by molar-refractivity contribution is -0.137. The van der Waals surface area contributed by atoms with Crippen molar-refractivity contribution in [2.24, 2.45) is 0 Å². The van der Waals surface area contributed by atoms with Gasteiger partial charge in [0.1, 0.15) is 5.75 Å². The molecular formula is C14H12F3N3O. The normalized spacial score (nSPS) is 11.2. The van der Waals surface area contributed by atoms with Crippen LogP contribution < -0.4 is 4.74 Å². The highest BCUT2D eigenvalue weighted by Gasteiger charge is 2.34. The largest absolute Gasteiger partial charge is 0.454 e. The van der Waals surface area contributed by atoms with E-state index in [1.165, 1.54) is 18.3 Å². The Morgan fingerprint density at radius 2 is 2.10 bits per heavy atom. The Labute approximate surface area is 119 Å². The number of nitrogens with zero attached hydrogens (tertiary/aromatic N) is 3. The number of hydrogen-bond acceptors (Lipinski definition) is 3. The average Bonchev–Trinajstić information content (AvgIpc) is 2.85. The zero-order valence-corrected chi connectivity index (χ0v) is 11.2. The molecule has 0 unspecified atom stereocenters. The van der Waals surface area contributed by atoms with Crippen molar-refractivity contribution < 1.29 is 17.9 Å². The van der Waals surface area contributed by atoms with E-state index in [-0.39, 0.29) is 5.75 Å². The van der Waals surface area contributed by atoms with Crippen molar-refractivity contribution in [1.82, 2.24) is 9.78 Å². The van der Waals surface area contributed by atoms with E-state index in [9.17, 15) is 13.2 Å². The summed E-state index contributed by atoms with van der Waals surface area (Å²) in [6.07, 6.45) is -0.677. The van der Waals surface area contributed by atoms with Crippen LogP contribution in [-0.2, 0) is 12.7 Å². The smallest absolute Gasteiger partial charge is 0.417 e. The van der Waals surface area contributed by atoms with Crippen LogP contribution in [0.3, 0.4) is 0 Å². The van der Waals surface area contributed by atoms with Crippen LogP contribution in [0.25, 0.3) is 0 Å². The van der Waals surface area contributed by atoms with E-state index in [4.69, 9.17) is 10.00 Å². The summed E-state index contributed by atoms with van der Waals surface area (Å²) < 4.78 is 45.5. The van der Waals surface area contributed by atoms with Gasteiger partial charge in [-0.3, -0.25) is 4.68 Å². The van der Waals surface area contributed by atoms with Crippen molar-refractivity contribution in [2.45, 2.75) is 26.1 Å². The number of halogens is 3. The fraction of sp³-hybridized carbons (Fsp3) is 0.286. The summed E-state index contributed by atoms with van der Waals surface area (Å²) in [7, 11) is 0. The van der Waals surface area contributed by atoms with Gasteiger partial charge in [0.15, 0.2) is 5.75 Å². The molecule has 0 N–H and O–H groups in total. The second kappa shape index (κ2) is 5.87. The molecule has 0 saturated carbocycles. The third kappa shape index (κ3) is 3.54. The predicted octanol–water partition coefficient (Wildman–Crippen LogP) is 3.98. The number of nitriles is 1. The molecule has 0 aliphatic rings. The van der Waals surface area contributed by atoms with E-state index in [1.54, 1.807) is 10.9 Å². The second-order valence-corrected chi connectivity index (χ2v) is 4.36. The number of benzene rings is 1. The monoisotopic (exact) mass is 295 g/mol. The zero-order valence-electron chi connectivity index (χ0n) is 11.2. The number of ether oxygens (including phenoxy) is 1. The summed E-state index contributed by atoms with van der Waals surface area (Å²) in [5.41, 5.74) is -1.44. The van der Waals surface area contributed by atoms with Gasteiger partial charge in [-0.2, -0.15) is 23.5 Å². The Balaban J connectivity index is 2.26. The molecule has 0 atom stereocenters. The lowest BCUT2D eigenvalue weighted by atomic mass is 10.1. The zero-order chi connectivity index (χ0) is 15.5. The number of hydrogen-bond donors (Lipinski definition) is 0. The van der Waals surface area contributed by atoms with E-state index >= 15 is 0 Å². The van der Waals surface area contributed by atoms with Gasteiger partial charge in [0.25, 0.3) is 0 Å². The summed E-state index contributed by atoms with van der Waals surface area (Å²) in [6.45, 7) is 2.68. The van der Waals surface area contributed by atoms with Crippen LogP contribution in [0.4, 0.5) is 13.2 Å². The molecule has 110 valence electrons. The quantitative estimate of drug-likeness (QED) is 0.857. The highest BCUT2D eigenvalue weighted by Crippen LogP contribution is 2.35. The van der Waals surface area contributed by atoms with Crippen LogP contribution in [0.1, 0.15) is 24.5 Å². The lowest BCUT2D eigenvalue weighted by Gasteiger charge is -2.10. The summed E-state index contributed by atoms with van der Waals surface area (Å²) in [5, 5.41) is 12.7. The molecule has 0 radical (unpaired) electrons. The summed E-state index contributed by atoms with van der Waals surface area (Å²) in [6, 6.07) is 4.75. The molecule has 1 aromatic carbocycles. The standard InChI is InChI=1S/C14H12F3N3O/c1-2-5-20-9-12(8-19-20)21-11-4-3-10(7-18)13(6-11)14(15,16)17/h3-4,6,8-9H,2,5H2,1H3. The topological polar surface area (TPSA) is 50.8 Å². The average molecular weight is 295 g/mol. The van der Waals surface area contributed by atoms with Gasteiger partial charge < -0.3 is 4.74 Å². The highest BCUT2D eigenvalue weighted by atomic mass is 19.4. The molecule has 1 aromatic heterocycles. The number of aromatic nitrogens is 2. The molecule has 4 nitrogen and oxygen atoms in total. The molecule has 0 fully saturated rings. The van der Waals surface area contributed by atoms with Crippen molar-refractivity contribution in [3.8, 4) is 17.6 Å². The van der Waals surface area contributed by atoms with Gasteiger partial charge in [-0.15, -0.1) is 0 Å². The van der Waals surface area contributed by atoms with Crippen molar-refractivity contribution in [2.75, 3.05) is 0 Å². The van der Waals surface area contributed by atoms with E-state index in [0.29, 0.717) is 12.3 Å². The van der Waals surface area contributed by atoms with Gasteiger partial charge in [-0.05, 0) is 24.6 Å². The number of alkyl halides is 3. The molecule has 21 heavy (non-hydrogen) atoms. The van der Waals surface area contributed by atoms with Crippen molar-refractivity contribution in [3.05, 3.63) is 41.7 Å². The molecule has 2 aromatic rings. The molecule has 0 aliphatic heterocycles. The predicted molar refractivity (Wildman–Crippen MR) is 68.8 cm³/mol. The van der Waals surface area contributed by atoms with Crippen LogP contribution in [0.5, 0.6) is 11.5 Å². The Hall–Kier alpha value is -2.49. The van der Waals surface area contributed by atoms with Crippen LogP contribution >= 0.6 is 0 Å². The Bertz CT molecular complexity index is 671. The Morgan fingerprint density at radius 1 is 1.33 bits per heavy atom. The van der Waals surface area contributed by atoms with Crippen molar-refractivity contribution in [1.29, 1.82) is 5.26 Å². The van der Waals surface area contributed by atoms with Gasteiger partial charge in [0.05, 0.1) is 29.6 Å². The maximum atomic E-state index is 12.8. The summed E-state index contributed by atoms with van der Waals surface area (Å²) in [5.74, 6) is 0.360. The SMILES string of the molecule is CCCn1cc(Oc2ccc(C#N)c(C(F)(F)F)c2)cn1. The second-order valence-electron chi connectivity index (χ2n) is 4.36. The van der Waals surface area contributed by atoms with E-state index in [2.05, 4.69) is 5.10 Å². The molecule has 1 heterocycles. The highest BCUT2D eigenvalue weighted by molar-refractivity contribution is 5.45. The number of rotatable bonds is 4. The Kier molecular flexibility index (Phi) is 4.17. The number of aryl methyl sites for hydroxylation is 1. The first-order chi connectivity index (χ1) is 9.94. The van der Waals surface area contributed by atoms with Crippen LogP contribution in [-0.4, -0.2) is 9.78 Å². The van der Waals surface area contributed by atoms with Crippen molar-refractivity contribution >= 4 is 0 Å². The molecule has 0 aliphatic carbocycles. The van der Waals surface area contributed by atoms with E-state index in [1.807, 2.05) is 6.92 Å². The first-order valence-corrected chi connectivity index (χ1v) is 6.25. The van der Waals surface area contributed by atoms with Gasteiger partial charge in [0, 0.05) is 6.54 Å². The molecule has 0 bridgehead atoms.